The SMILES string of the molecule is CNSNc1cccc(CN2C(=O)Oc3c(ccc(O)c3F)C2C)c1F.C[N-]C.[CH3-].[Cs+].[Y]. The van der Waals surface area contributed by atoms with Gasteiger partial charge in [-0.15, -0.1) is 0 Å². The number of phenolic OH excluding ortho intramolecular Hbond substituents is 1. The number of rotatable bonds is 5. The van der Waals surface area contributed by atoms with E-state index in [1.54, 1.807) is 46.3 Å². The van der Waals surface area contributed by atoms with Gasteiger partial charge in [-0.05, 0) is 32.2 Å². The molecular formula is C20H26CsF2N4O3SY-. The number of halogens is 2. The van der Waals surface area contributed by atoms with Crippen LogP contribution >= 0.6 is 12.1 Å². The first-order valence-corrected chi connectivity index (χ1v) is 9.51. The summed E-state index contributed by atoms with van der Waals surface area (Å²) in [6.45, 7) is 1.64. The normalized spacial score (nSPS) is 13.8. The average Bonchev–Trinajstić information content (AvgIpc) is 2.69. The molecule has 12 heteroatoms. The van der Waals surface area contributed by atoms with Gasteiger partial charge in [0, 0.05) is 56.0 Å². The maximum atomic E-state index is 14.6. The fourth-order valence-corrected chi connectivity index (χ4v) is 3.11. The molecule has 1 heterocycles. The zero-order valence-electron chi connectivity index (χ0n) is 19.1. The molecule has 1 aliphatic heterocycles. The number of nitrogens with zero attached hydrogens (tertiary/aromatic N) is 2. The van der Waals surface area contributed by atoms with E-state index in [0.29, 0.717) is 11.1 Å². The van der Waals surface area contributed by atoms with E-state index >= 15 is 0 Å². The number of fused-ring (bicyclic) bond motifs is 1. The Balaban J connectivity index is 0. The third-order valence-electron chi connectivity index (χ3n) is 4.13. The molecule has 1 unspecified atom stereocenters. The molecule has 3 rings (SSSR count). The van der Waals surface area contributed by atoms with Crippen molar-refractivity contribution in [3.05, 3.63) is 65.8 Å². The van der Waals surface area contributed by atoms with Crippen molar-refractivity contribution in [1.29, 1.82) is 0 Å². The van der Waals surface area contributed by atoms with E-state index in [-0.39, 0.29) is 127 Å². The van der Waals surface area contributed by atoms with Gasteiger partial charge >= 0.3 is 75.0 Å². The van der Waals surface area contributed by atoms with E-state index in [2.05, 4.69) is 14.8 Å². The predicted octanol–water partition coefficient (Wildman–Crippen LogP) is 2.01. The molecule has 169 valence electrons. The summed E-state index contributed by atoms with van der Waals surface area (Å²) >= 11 is 1.11. The van der Waals surface area contributed by atoms with Gasteiger partial charge in [-0.1, -0.05) is 12.1 Å². The summed E-state index contributed by atoms with van der Waals surface area (Å²) in [6.07, 6.45) is -0.808. The molecule has 1 aliphatic rings. The Bertz CT molecular complexity index is 883. The van der Waals surface area contributed by atoms with Crippen LogP contribution in [-0.4, -0.2) is 37.2 Å². The minimum absolute atomic E-state index is 0. The van der Waals surface area contributed by atoms with Crippen LogP contribution in [-0.2, 0) is 39.3 Å². The molecule has 0 fully saturated rings. The molecule has 1 radical (unpaired) electrons. The number of carbonyl (C=O) groups is 1. The molecule has 0 bridgehead atoms. The van der Waals surface area contributed by atoms with Crippen molar-refractivity contribution in [2.45, 2.75) is 19.5 Å². The van der Waals surface area contributed by atoms with Gasteiger partial charge in [0.2, 0.25) is 5.82 Å². The zero-order valence-corrected chi connectivity index (χ0v) is 29.0. The van der Waals surface area contributed by atoms with Crippen LogP contribution in [0, 0.1) is 19.1 Å². The van der Waals surface area contributed by atoms with Gasteiger partial charge in [0.1, 0.15) is 0 Å². The minimum Gasteiger partial charge on any atom is -0.668 e. The molecule has 32 heavy (non-hydrogen) atoms. The van der Waals surface area contributed by atoms with Crippen LogP contribution in [0.4, 0.5) is 19.3 Å². The van der Waals surface area contributed by atoms with Crippen molar-refractivity contribution in [3.63, 3.8) is 0 Å². The van der Waals surface area contributed by atoms with Crippen LogP contribution in [0.5, 0.6) is 11.5 Å². The number of hydrogen-bond donors (Lipinski definition) is 3. The third kappa shape index (κ3) is 8.67. The molecule has 0 aliphatic carbocycles. The number of hydrogen-bond acceptors (Lipinski definition) is 6. The first-order chi connectivity index (χ1) is 13.8. The third-order valence-corrected chi connectivity index (χ3v) is 4.66. The Morgan fingerprint density at radius 2 is 1.84 bits per heavy atom. The Hall–Kier alpha value is 0.596. The average molecular weight is 662 g/mol. The van der Waals surface area contributed by atoms with Crippen molar-refractivity contribution < 1.29 is 125 Å². The van der Waals surface area contributed by atoms with Crippen LogP contribution in [0.25, 0.3) is 5.32 Å². The van der Waals surface area contributed by atoms with E-state index in [1.165, 1.54) is 17.0 Å². The van der Waals surface area contributed by atoms with Crippen LogP contribution in [0.2, 0.25) is 0 Å². The summed E-state index contributed by atoms with van der Waals surface area (Å²) in [7, 11) is 5.19. The molecule has 1 atom stereocenters. The minimum atomic E-state index is -0.983. The Morgan fingerprint density at radius 1 is 1.22 bits per heavy atom. The van der Waals surface area contributed by atoms with E-state index in [0.717, 1.165) is 12.1 Å². The molecule has 1 amide bonds. The van der Waals surface area contributed by atoms with Gasteiger partial charge in [-0.25, -0.2) is 13.9 Å². The van der Waals surface area contributed by atoms with E-state index < -0.39 is 29.5 Å². The second kappa shape index (κ2) is 17.1. The Morgan fingerprint density at radius 3 is 2.44 bits per heavy atom. The van der Waals surface area contributed by atoms with Crippen LogP contribution in [0.3, 0.4) is 0 Å². The summed E-state index contributed by atoms with van der Waals surface area (Å²) in [4.78, 5) is 13.6. The number of ether oxygens (including phenoxy) is 1. The summed E-state index contributed by atoms with van der Waals surface area (Å²) in [5, 5.41) is 12.9. The monoisotopic (exact) mass is 662 g/mol. The maximum absolute atomic E-state index is 14.6. The van der Waals surface area contributed by atoms with Gasteiger partial charge in [0.05, 0.1) is 18.3 Å². The molecule has 0 aromatic heterocycles. The quantitative estimate of drug-likeness (QED) is 0.336. The topological polar surface area (TPSA) is 87.9 Å². The van der Waals surface area contributed by atoms with Gasteiger partial charge in [0.25, 0.3) is 0 Å². The van der Waals surface area contributed by atoms with E-state index in [1.807, 2.05) is 0 Å². The van der Waals surface area contributed by atoms with Crippen LogP contribution < -0.4 is 83.1 Å². The Kier molecular flexibility index (Phi) is 18.6. The first-order valence-electron chi connectivity index (χ1n) is 8.69. The summed E-state index contributed by atoms with van der Waals surface area (Å²) < 4.78 is 39.3. The molecule has 0 saturated heterocycles. The summed E-state index contributed by atoms with van der Waals surface area (Å²) in [5.74, 6) is -2.36. The zero-order chi connectivity index (χ0) is 21.6. The van der Waals surface area contributed by atoms with Crippen LogP contribution in [0.1, 0.15) is 24.1 Å². The number of nitrogens with one attached hydrogen (secondary N) is 2. The number of carbonyl (C=O) groups excluding carboxylic acids is 1. The van der Waals surface area contributed by atoms with Gasteiger partial charge in [-0.3, -0.25) is 4.90 Å². The van der Waals surface area contributed by atoms with Crippen molar-refractivity contribution in [3.8, 4) is 11.5 Å². The molecule has 0 saturated carbocycles. The molecule has 0 spiro atoms. The fourth-order valence-electron chi connectivity index (χ4n) is 2.74. The smallest absolute Gasteiger partial charge is 0.668 e. The van der Waals surface area contributed by atoms with Crippen molar-refractivity contribution in [2.75, 3.05) is 25.9 Å². The maximum Gasteiger partial charge on any atom is 1.00 e. The number of aromatic hydroxyl groups is 1. The predicted molar refractivity (Wildman–Crippen MR) is 116 cm³/mol. The van der Waals surface area contributed by atoms with Gasteiger partial charge in [-0.2, -0.15) is 18.5 Å². The first kappa shape index (κ1) is 34.8. The number of phenols is 1. The van der Waals surface area contributed by atoms with Gasteiger partial charge in [0.15, 0.2) is 17.3 Å². The molecule has 2 aromatic carbocycles. The second-order valence-corrected chi connectivity index (χ2v) is 6.94. The summed E-state index contributed by atoms with van der Waals surface area (Å²) in [5.41, 5.74) is 0.967. The van der Waals surface area contributed by atoms with Crippen molar-refractivity contribution >= 4 is 23.9 Å². The number of anilines is 1. The second-order valence-electron chi connectivity index (χ2n) is 6.12. The van der Waals surface area contributed by atoms with Crippen LogP contribution in [0.15, 0.2) is 30.3 Å². The van der Waals surface area contributed by atoms with Crippen molar-refractivity contribution in [1.82, 2.24) is 9.62 Å². The van der Waals surface area contributed by atoms with Gasteiger partial charge < -0.3 is 27.3 Å². The standard InChI is InChI=1S/C17H17F2N3O3S.C2H6N.CH3.Cs.Y/c1-9-11-6-7-13(23)15(19)16(11)25-17(24)22(9)8-10-4-3-5-12(14(10)18)21-26-20-2;1-3-2;;;/h3-7,9,20-21,23H,8H2,1-2H3;1-2H3;1H3;;/q;2*-1;+1;. The molecular weight excluding hydrogens is 636 g/mol. The fraction of sp³-hybridized carbons (Fsp3) is 0.300. The Labute approximate surface area is 276 Å². The van der Waals surface area contributed by atoms with E-state index in [4.69, 9.17) is 4.74 Å². The number of benzene rings is 2. The van der Waals surface area contributed by atoms with Crippen molar-refractivity contribution in [2.24, 2.45) is 0 Å². The summed E-state index contributed by atoms with van der Waals surface area (Å²) in [6, 6.07) is 6.94. The largest absolute Gasteiger partial charge is 1.00 e. The van der Waals surface area contributed by atoms with E-state index in [9.17, 15) is 18.7 Å². The molecule has 3 N–H and O–H groups in total. The number of amides is 1. The molecule has 7 nitrogen and oxygen atoms in total. The molecule has 2 aromatic rings.